The number of likely N-dealkylation sites (tertiary alicyclic amines) is 1. The predicted octanol–water partition coefficient (Wildman–Crippen LogP) is 1.17. The number of carbonyl (C=O) groups is 2. The fourth-order valence-electron chi connectivity index (χ4n) is 2.21. The Balaban J connectivity index is 1.65. The van der Waals surface area contributed by atoms with Gasteiger partial charge in [0.25, 0.3) is 0 Å². The topological polar surface area (TPSA) is 58.6 Å². The molecule has 2 aliphatic rings. The van der Waals surface area contributed by atoms with Gasteiger partial charge >= 0.3 is 6.09 Å². The van der Waals surface area contributed by atoms with Gasteiger partial charge in [-0.15, -0.1) is 0 Å². The molecule has 0 aromatic carbocycles. The molecule has 1 heterocycles. The third kappa shape index (κ3) is 3.45. The molecule has 1 amide bonds. The molecule has 2 atom stereocenters. The number of rotatable bonds is 4. The molecular weight excluding hydrogens is 232 g/mol. The van der Waals surface area contributed by atoms with Crippen LogP contribution >= 0.6 is 0 Å². The fourth-order valence-corrected chi connectivity index (χ4v) is 2.21. The van der Waals surface area contributed by atoms with Crippen molar-refractivity contribution in [2.24, 2.45) is 5.92 Å². The van der Waals surface area contributed by atoms with E-state index in [0.29, 0.717) is 6.04 Å². The van der Waals surface area contributed by atoms with Crippen LogP contribution in [0.3, 0.4) is 0 Å². The largest absolute Gasteiger partial charge is 0.444 e. The lowest BCUT2D eigenvalue weighted by molar-refractivity contribution is -0.120. The van der Waals surface area contributed by atoms with E-state index < -0.39 is 11.7 Å². The van der Waals surface area contributed by atoms with Crippen molar-refractivity contribution in [2.75, 3.05) is 19.6 Å². The second-order valence-corrected chi connectivity index (χ2v) is 6.12. The van der Waals surface area contributed by atoms with Gasteiger partial charge in [0.05, 0.1) is 6.54 Å². The fraction of sp³-hybridized carbons (Fsp3) is 0.846. The highest BCUT2D eigenvalue weighted by molar-refractivity contribution is 5.88. The van der Waals surface area contributed by atoms with Crippen molar-refractivity contribution in [1.82, 2.24) is 10.2 Å². The molecule has 1 aliphatic heterocycles. The molecule has 0 aromatic heterocycles. The van der Waals surface area contributed by atoms with Gasteiger partial charge in [-0.25, -0.2) is 4.79 Å². The summed E-state index contributed by atoms with van der Waals surface area (Å²) in [6.45, 7) is 7.73. The van der Waals surface area contributed by atoms with Crippen LogP contribution in [0.2, 0.25) is 0 Å². The number of nitrogens with one attached hydrogen (secondary N) is 1. The van der Waals surface area contributed by atoms with Gasteiger partial charge in [0, 0.05) is 12.0 Å². The number of alkyl carbamates (subject to hydrolysis) is 1. The summed E-state index contributed by atoms with van der Waals surface area (Å²) in [4.78, 5) is 25.6. The first-order chi connectivity index (χ1) is 8.37. The summed E-state index contributed by atoms with van der Waals surface area (Å²) in [5.74, 6) is 0.248. The van der Waals surface area contributed by atoms with E-state index in [2.05, 4.69) is 10.2 Å². The molecule has 0 radical (unpaired) electrons. The van der Waals surface area contributed by atoms with E-state index in [9.17, 15) is 9.59 Å². The highest BCUT2D eigenvalue weighted by atomic mass is 16.6. The lowest BCUT2D eigenvalue weighted by atomic mass is 10.2. The minimum atomic E-state index is -0.521. The SMILES string of the molecule is CC(C)(C)OC(=O)NCC(=O)C1CC1N1CCC1. The van der Waals surface area contributed by atoms with Crippen molar-refractivity contribution in [3.05, 3.63) is 0 Å². The predicted molar refractivity (Wildman–Crippen MR) is 67.3 cm³/mol. The van der Waals surface area contributed by atoms with Gasteiger partial charge in [-0.3, -0.25) is 9.69 Å². The van der Waals surface area contributed by atoms with E-state index >= 15 is 0 Å². The van der Waals surface area contributed by atoms with Crippen molar-refractivity contribution in [2.45, 2.75) is 45.3 Å². The molecule has 102 valence electrons. The van der Waals surface area contributed by atoms with E-state index in [4.69, 9.17) is 4.74 Å². The van der Waals surface area contributed by atoms with Crippen LogP contribution in [-0.4, -0.2) is 48.1 Å². The van der Waals surface area contributed by atoms with E-state index in [1.165, 1.54) is 6.42 Å². The second-order valence-electron chi connectivity index (χ2n) is 6.12. The van der Waals surface area contributed by atoms with Gasteiger partial charge < -0.3 is 10.1 Å². The summed E-state index contributed by atoms with van der Waals surface area (Å²) >= 11 is 0. The first kappa shape index (κ1) is 13.3. The molecule has 2 fully saturated rings. The molecule has 18 heavy (non-hydrogen) atoms. The van der Waals surface area contributed by atoms with E-state index in [1.54, 1.807) is 20.8 Å². The Morgan fingerprint density at radius 1 is 1.33 bits per heavy atom. The maximum atomic E-state index is 11.8. The molecule has 2 unspecified atom stereocenters. The van der Waals surface area contributed by atoms with Crippen LogP contribution in [0.5, 0.6) is 0 Å². The monoisotopic (exact) mass is 254 g/mol. The van der Waals surface area contributed by atoms with Crippen LogP contribution in [0.15, 0.2) is 0 Å². The molecule has 0 bridgehead atoms. The average Bonchev–Trinajstić information content (AvgIpc) is 2.88. The highest BCUT2D eigenvalue weighted by Gasteiger charge is 2.47. The Morgan fingerprint density at radius 2 is 2.00 bits per heavy atom. The molecule has 1 saturated carbocycles. The summed E-state index contributed by atoms with van der Waals surface area (Å²) in [6, 6.07) is 0.437. The van der Waals surface area contributed by atoms with Crippen molar-refractivity contribution in [1.29, 1.82) is 0 Å². The Bertz CT molecular complexity index is 345. The lowest BCUT2D eigenvalue weighted by Gasteiger charge is -2.31. The van der Waals surface area contributed by atoms with Crippen molar-refractivity contribution in [3.8, 4) is 0 Å². The lowest BCUT2D eigenvalue weighted by Crippen LogP contribution is -2.41. The van der Waals surface area contributed by atoms with Crippen LogP contribution in [0.25, 0.3) is 0 Å². The number of hydrogen-bond acceptors (Lipinski definition) is 4. The zero-order chi connectivity index (χ0) is 13.3. The third-order valence-corrected chi connectivity index (χ3v) is 3.34. The van der Waals surface area contributed by atoms with Gasteiger partial charge in [-0.1, -0.05) is 0 Å². The van der Waals surface area contributed by atoms with Crippen LogP contribution in [0, 0.1) is 5.92 Å². The van der Waals surface area contributed by atoms with Crippen LogP contribution in [-0.2, 0) is 9.53 Å². The molecule has 2 rings (SSSR count). The van der Waals surface area contributed by atoms with E-state index in [1.807, 2.05) is 0 Å². The highest BCUT2D eigenvalue weighted by Crippen LogP contribution is 2.38. The number of carbonyl (C=O) groups excluding carboxylic acids is 2. The minimum absolute atomic E-state index is 0.0872. The summed E-state index contributed by atoms with van der Waals surface area (Å²) in [5, 5.41) is 2.53. The quantitative estimate of drug-likeness (QED) is 0.818. The van der Waals surface area contributed by atoms with Crippen LogP contribution < -0.4 is 5.32 Å². The molecule has 0 spiro atoms. The summed E-state index contributed by atoms with van der Waals surface area (Å²) < 4.78 is 5.08. The molecule has 1 saturated heterocycles. The van der Waals surface area contributed by atoms with Gasteiger partial charge in [-0.2, -0.15) is 0 Å². The first-order valence-corrected chi connectivity index (χ1v) is 6.60. The standard InChI is InChI=1S/C13H22N2O3/c1-13(2,3)18-12(17)14-8-11(16)9-7-10(9)15-5-4-6-15/h9-10H,4-8H2,1-3H3,(H,14,17). The van der Waals surface area contributed by atoms with Gasteiger partial charge in [0.1, 0.15) is 5.60 Å². The smallest absolute Gasteiger partial charge is 0.408 e. The van der Waals surface area contributed by atoms with E-state index in [0.717, 1.165) is 19.5 Å². The van der Waals surface area contributed by atoms with Gasteiger partial charge in [0.2, 0.25) is 0 Å². The Kier molecular flexibility index (Phi) is 3.61. The molecule has 0 aromatic rings. The molecule has 1 aliphatic carbocycles. The van der Waals surface area contributed by atoms with E-state index in [-0.39, 0.29) is 18.2 Å². The number of ketones is 1. The average molecular weight is 254 g/mol. The second kappa shape index (κ2) is 4.88. The van der Waals surface area contributed by atoms with Gasteiger partial charge in [0.15, 0.2) is 5.78 Å². The zero-order valence-electron chi connectivity index (χ0n) is 11.4. The molecule has 1 N–H and O–H groups in total. The number of ether oxygens (including phenoxy) is 1. The van der Waals surface area contributed by atoms with Crippen molar-refractivity contribution < 1.29 is 14.3 Å². The van der Waals surface area contributed by atoms with Crippen LogP contribution in [0.1, 0.15) is 33.6 Å². The van der Waals surface area contributed by atoms with Crippen LogP contribution in [0.4, 0.5) is 4.79 Å². The molecule has 5 heteroatoms. The Hall–Kier alpha value is -1.10. The molecular formula is C13H22N2O3. The Morgan fingerprint density at radius 3 is 2.50 bits per heavy atom. The van der Waals surface area contributed by atoms with Crippen molar-refractivity contribution >= 4 is 11.9 Å². The first-order valence-electron chi connectivity index (χ1n) is 6.60. The summed E-state index contributed by atoms with van der Waals surface area (Å²) in [7, 11) is 0. The molecule has 5 nitrogen and oxygen atoms in total. The van der Waals surface area contributed by atoms with Crippen molar-refractivity contribution in [3.63, 3.8) is 0 Å². The zero-order valence-corrected chi connectivity index (χ0v) is 11.4. The maximum absolute atomic E-state index is 11.8. The van der Waals surface area contributed by atoms with Gasteiger partial charge in [-0.05, 0) is 46.7 Å². The summed E-state index contributed by atoms with van der Waals surface area (Å²) in [6.07, 6.45) is 1.68. The number of amides is 1. The number of hydrogen-bond donors (Lipinski definition) is 1. The number of Topliss-reactive ketones (excluding diaryl/α,β-unsaturated/α-hetero) is 1. The maximum Gasteiger partial charge on any atom is 0.408 e. The normalized spacial score (nSPS) is 27.3. The Labute approximate surface area is 108 Å². The third-order valence-electron chi connectivity index (χ3n) is 3.34. The minimum Gasteiger partial charge on any atom is -0.444 e. The summed E-state index contributed by atoms with van der Waals surface area (Å²) in [5.41, 5.74) is -0.521. The number of nitrogens with zero attached hydrogens (tertiary/aromatic N) is 1.